The number of methoxy groups -OCH3 is 2. The Morgan fingerprint density at radius 2 is 2.11 bits per heavy atom. The van der Waals surface area contributed by atoms with Crippen molar-refractivity contribution in [3.8, 4) is 11.5 Å². The van der Waals surface area contributed by atoms with Gasteiger partial charge in [-0.25, -0.2) is 0 Å². The van der Waals surface area contributed by atoms with Crippen molar-refractivity contribution in [2.75, 3.05) is 38.4 Å². The molecule has 0 amide bonds. The van der Waals surface area contributed by atoms with Crippen molar-refractivity contribution in [3.63, 3.8) is 0 Å². The van der Waals surface area contributed by atoms with E-state index in [2.05, 4.69) is 20.4 Å². The number of aliphatic carboxylic acids is 1. The molecule has 0 radical (unpaired) electrons. The minimum absolute atomic E-state index is 0.309. The predicted octanol–water partition coefficient (Wildman–Crippen LogP) is 2.18. The van der Waals surface area contributed by atoms with Gasteiger partial charge in [-0.2, -0.15) is 0 Å². The Hall–Kier alpha value is -2.59. The van der Waals surface area contributed by atoms with Gasteiger partial charge < -0.3 is 25.6 Å². The van der Waals surface area contributed by atoms with Crippen molar-refractivity contribution < 1.29 is 19.4 Å². The van der Waals surface area contributed by atoms with Gasteiger partial charge in [0.2, 0.25) is 5.13 Å². The highest BCUT2D eigenvalue weighted by atomic mass is 32.1. The lowest BCUT2D eigenvalue weighted by molar-refractivity contribution is -0.143. The van der Waals surface area contributed by atoms with E-state index in [1.165, 1.54) is 11.3 Å². The zero-order valence-corrected chi connectivity index (χ0v) is 16.1. The fourth-order valence-electron chi connectivity index (χ4n) is 3.08. The summed E-state index contributed by atoms with van der Waals surface area (Å²) in [4.78, 5) is 13.3. The summed E-state index contributed by atoms with van der Waals surface area (Å²) in [6.45, 7) is 2.00. The molecule has 1 aromatic carbocycles. The zero-order valence-electron chi connectivity index (χ0n) is 15.3. The van der Waals surface area contributed by atoms with E-state index in [1.54, 1.807) is 26.4 Å². The summed E-state index contributed by atoms with van der Waals surface area (Å²) in [5.41, 5.74) is 7.22. The first kappa shape index (κ1) is 19.2. The summed E-state index contributed by atoms with van der Waals surface area (Å²) >= 11 is 1.41. The number of nitrogen functional groups attached to an aromatic ring is 1. The van der Waals surface area contributed by atoms with Gasteiger partial charge in [-0.15, -0.1) is 10.2 Å². The summed E-state index contributed by atoms with van der Waals surface area (Å²) in [6.07, 6.45) is 1.61. The molecular formula is C17H23N5O4S. The smallest absolute Gasteiger partial charge is 0.307 e. The predicted molar refractivity (Wildman–Crippen MR) is 103 cm³/mol. The average Bonchev–Trinajstić information content (AvgIpc) is 3.10. The number of nitrogens with one attached hydrogen (secondary N) is 1. The highest BCUT2D eigenvalue weighted by molar-refractivity contribution is 7.15. The topological polar surface area (TPSA) is 123 Å². The summed E-state index contributed by atoms with van der Waals surface area (Å²) in [6, 6.07) is 3.43. The van der Waals surface area contributed by atoms with E-state index in [1.807, 2.05) is 0 Å². The molecule has 1 saturated heterocycles. The number of carboxylic acid groups (broad SMARTS) is 1. The molecule has 1 aliphatic rings. The molecule has 1 fully saturated rings. The summed E-state index contributed by atoms with van der Waals surface area (Å²) < 4.78 is 10.5. The quantitative estimate of drug-likeness (QED) is 0.607. The molecule has 0 spiro atoms. The first-order valence-corrected chi connectivity index (χ1v) is 9.38. The SMILES string of the molecule is COc1cc(N)c(Nc2nnc(CN3CCCC(C(=O)O)C3)s2)cc1OC. The maximum absolute atomic E-state index is 11.2. The number of rotatable bonds is 7. The summed E-state index contributed by atoms with van der Waals surface area (Å²) in [7, 11) is 3.11. The minimum atomic E-state index is -0.733. The van der Waals surface area contributed by atoms with Gasteiger partial charge in [0.25, 0.3) is 0 Å². The van der Waals surface area contributed by atoms with Crippen LogP contribution >= 0.6 is 11.3 Å². The van der Waals surface area contributed by atoms with Crippen LogP contribution in [0, 0.1) is 5.92 Å². The Balaban J connectivity index is 1.67. The summed E-state index contributed by atoms with van der Waals surface area (Å²) in [5.74, 6) is 0.0719. The lowest BCUT2D eigenvalue weighted by Gasteiger charge is -2.29. The van der Waals surface area contributed by atoms with Gasteiger partial charge >= 0.3 is 5.97 Å². The number of piperidine rings is 1. The monoisotopic (exact) mass is 393 g/mol. The van der Waals surface area contributed by atoms with Crippen molar-refractivity contribution in [2.24, 2.45) is 5.92 Å². The Labute approximate surface area is 161 Å². The number of nitrogens with two attached hydrogens (primary N) is 1. The van der Waals surface area contributed by atoms with Crippen LogP contribution in [-0.4, -0.2) is 53.5 Å². The van der Waals surface area contributed by atoms with Crippen LogP contribution in [0.15, 0.2) is 12.1 Å². The molecule has 1 unspecified atom stereocenters. The molecule has 27 heavy (non-hydrogen) atoms. The van der Waals surface area contributed by atoms with E-state index in [4.69, 9.17) is 15.2 Å². The van der Waals surface area contributed by atoms with Crippen molar-refractivity contribution in [2.45, 2.75) is 19.4 Å². The van der Waals surface area contributed by atoms with E-state index in [0.29, 0.717) is 41.1 Å². The van der Waals surface area contributed by atoms with Crippen LogP contribution in [0.1, 0.15) is 17.8 Å². The number of hydrogen-bond acceptors (Lipinski definition) is 9. The van der Waals surface area contributed by atoms with Crippen LogP contribution in [0.5, 0.6) is 11.5 Å². The fourth-order valence-corrected chi connectivity index (χ4v) is 3.87. The van der Waals surface area contributed by atoms with E-state index in [-0.39, 0.29) is 5.92 Å². The number of aromatic nitrogens is 2. The second-order valence-electron chi connectivity index (χ2n) is 6.33. The molecule has 4 N–H and O–H groups in total. The third kappa shape index (κ3) is 4.58. The molecular weight excluding hydrogens is 370 g/mol. The minimum Gasteiger partial charge on any atom is -0.493 e. The summed E-state index contributed by atoms with van der Waals surface area (Å²) in [5, 5.41) is 22.1. The molecule has 10 heteroatoms. The standard InChI is InChI=1S/C17H23N5O4S/c1-25-13-6-11(18)12(7-14(13)26-2)19-17-21-20-15(27-17)9-22-5-3-4-10(8-22)16(23)24/h6-7,10H,3-5,8-9,18H2,1-2H3,(H,19,21)(H,23,24). The molecule has 2 aromatic rings. The van der Waals surface area contributed by atoms with Crippen molar-refractivity contribution in [1.82, 2.24) is 15.1 Å². The average molecular weight is 393 g/mol. The van der Waals surface area contributed by atoms with Crippen LogP contribution in [0.2, 0.25) is 0 Å². The van der Waals surface area contributed by atoms with Gasteiger partial charge in [0.05, 0.1) is 38.1 Å². The van der Waals surface area contributed by atoms with E-state index < -0.39 is 5.97 Å². The molecule has 1 aliphatic heterocycles. The first-order valence-electron chi connectivity index (χ1n) is 8.56. The largest absolute Gasteiger partial charge is 0.493 e. The lowest BCUT2D eigenvalue weighted by Crippen LogP contribution is -2.38. The molecule has 3 rings (SSSR count). The van der Waals surface area contributed by atoms with Crippen molar-refractivity contribution >= 4 is 33.8 Å². The van der Waals surface area contributed by atoms with Gasteiger partial charge in [0.15, 0.2) is 11.5 Å². The number of carboxylic acids is 1. The zero-order chi connectivity index (χ0) is 19.4. The first-order chi connectivity index (χ1) is 13.0. The third-order valence-corrected chi connectivity index (χ3v) is 5.30. The Morgan fingerprint density at radius 1 is 1.37 bits per heavy atom. The number of hydrogen-bond donors (Lipinski definition) is 3. The van der Waals surface area contributed by atoms with Gasteiger partial charge in [-0.1, -0.05) is 11.3 Å². The number of carbonyl (C=O) groups is 1. The van der Waals surface area contributed by atoms with Gasteiger partial charge in [-0.3, -0.25) is 9.69 Å². The Bertz CT molecular complexity index is 813. The van der Waals surface area contributed by atoms with Gasteiger partial charge in [-0.05, 0) is 19.4 Å². The molecule has 2 heterocycles. The lowest BCUT2D eigenvalue weighted by atomic mass is 9.98. The van der Waals surface area contributed by atoms with Crippen LogP contribution < -0.4 is 20.5 Å². The van der Waals surface area contributed by atoms with Gasteiger partial charge in [0.1, 0.15) is 5.01 Å². The van der Waals surface area contributed by atoms with Crippen LogP contribution in [0.25, 0.3) is 0 Å². The Morgan fingerprint density at radius 3 is 2.81 bits per heavy atom. The second-order valence-corrected chi connectivity index (χ2v) is 7.39. The van der Waals surface area contributed by atoms with Gasteiger partial charge in [0, 0.05) is 18.7 Å². The number of likely N-dealkylation sites (tertiary alicyclic amines) is 1. The fraction of sp³-hybridized carbons (Fsp3) is 0.471. The number of ether oxygens (including phenoxy) is 2. The van der Waals surface area contributed by atoms with Crippen LogP contribution in [-0.2, 0) is 11.3 Å². The van der Waals surface area contributed by atoms with Crippen LogP contribution in [0.4, 0.5) is 16.5 Å². The van der Waals surface area contributed by atoms with Crippen molar-refractivity contribution in [3.05, 3.63) is 17.1 Å². The molecule has 0 saturated carbocycles. The maximum atomic E-state index is 11.2. The van der Waals surface area contributed by atoms with Crippen molar-refractivity contribution in [1.29, 1.82) is 0 Å². The highest BCUT2D eigenvalue weighted by Gasteiger charge is 2.26. The highest BCUT2D eigenvalue weighted by Crippen LogP contribution is 2.36. The van der Waals surface area contributed by atoms with Crippen LogP contribution in [0.3, 0.4) is 0 Å². The maximum Gasteiger partial charge on any atom is 0.307 e. The normalized spacial score (nSPS) is 17.5. The molecule has 0 bridgehead atoms. The molecule has 146 valence electrons. The third-order valence-electron chi connectivity index (χ3n) is 4.48. The Kier molecular flexibility index (Phi) is 5.97. The molecule has 1 aromatic heterocycles. The second kappa shape index (κ2) is 8.40. The van der Waals surface area contributed by atoms with E-state index in [9.17, 15) is 9.90 Å². The number of nitrogens with zero attached hydrogens (tertiary/aromatic N) is 3. The molecule has 1 atom stereocenters. The molecule has 0 aliphatic carbocycles. The number of benzene rings is 1. The van der Waals surface area contributed by atoms with E-state index >= 15 is 0 Å². The number of anilines is 3. The van der Waals surface area contributed by atoms with E-state index in [0.717, 1.165) is 24.4 Å². The molecule has 9 nitrogen and oxygen atoms in total.